The topological polar surface area (TPSA) is 49.4 Å². The van der Waals surface area contributed by atoms with E-state index in [1.54, 1.807) is 13.8 Å². The Morgan fingerprint density at radius 3 is 2.41 bits per heavy atom. The molecule has 1 saturated carbocycles. The number of carbonyl (C=O) groups is 2. The molecule has 17 heavy (non-hydrogen) atoms. The fourth-order valence-corrected chi connectivity index (χ4v) is 2.75. The molecule has 0 spiro atoms. The van der Waals surface area contributed by atoms with Gasteiger partial charge in [0.2, 0.25) is 11.8 Å². The zero-order valence-electron chi connectivity index (χ0n) is 11.0. The van der Waals surface area contributed by atoms with Gasteiger partial charge in [-0.2, -0.15) is 0 Å². The van der Waals surface area contributed by atoms with Crippen molar-refractivity contribution >= 4 is 11.8 Å². The maximum Gasteiger partial charge on any atom is 0.247 e. The van der Waals surface area contributed by atoms with E-state index in [0.717, 1.165) is 6.54 Å². The third-order valence-electron chi connectivity index (χ3n) is 4.02. The lowest BCUT2D eigenvalue weighted by Crippen LogP contribution is -2.54. The predicted molar refractivity (Wildman–Crippen MR) is 65.4 cm³/mol. The predicted octanol–water partition coefficient (Wildman–Crippen LogP) is 1.30. The molecule has 1 aliphatic carbocycles. The van der Waals surface area contributed by atoms with Crippen molar-refractivity contribution in [2.45, 2.75) is 52.0 Å². The molecule has 0 unspecified atom stereocenters. The summed E-state index contributed by atoms with van der Waals surface area (Å²) >= 11 is 0. The second-order valence-corrected chi connectivity index (χ2v) is 6.31. The minimum absolute atomic E-state index is 0.0235. The first-order chi connectivity index (χ1) is 7.82. The molecule has 0 bridgehead atoms. The Morgan fingerprint density at radius 2 is 1.88 bits per heavy atom. The molecule has 1 heterocycles. The molecule has 2 amide bonds. The summed E-state index contributed by atoms with van der Waals surface area (Å²) in [4.78, 5) is 25.8. The average Bonchev–Trinajstić information content (AvgIpc) is 2.27. The van der Waals surface area contributed by atoms with Gasteiger partial charge in [-0.1, -0.05) is 13.3 Å². The van der Waals surface area contributed by atoms with Crippen molar-refractivity contribution in [2.24, 2.45) is 5.41 Å². The molecule has 2 aliphatic rings. The number of hydrogen-bond donors (Lipinski definition) is 1. The van der Waals surface area contributed by atoms with E-state index in [9.17, 15) is 9.59 Å². The van der Waals surface area contributed by atoms with E-state index in [4.69, 9.17) is 0 Å². The highest BCUT2D eigenvalue weighted by Crippen LogP contribution is 2.41. The summed E-state index contributed by atoms with van der Waals surface area (Å²) in [6.45, 7) is 7.16. The molecule has 96 valence electrons. The first-order valence-electron chi connectivity index (χ1n) is 6.43. The molecular weight excluding hydrogens is 216 g/mol. The fraction of sp³-hybridized carbons (Fsp3) is 0.846. The Bertz CT molecular complexity index is 345. The second kappa shape index (κ2) is 4.00. The summed E-state index contributed by atoms with van der Waals surface area (Å²) in [5.74, 6) is 0.0288. The lowest BCUT2D eigenvalue weighted by molar-refractivity contribution is -0.139. The standard InChI is InChI=1S/C13H22N2O2/c1-12(2)11(17)15(8-5-10(16)14-12)9-13(3)6-4-7-13/h4-9H2,1-3H3,(H,14,16). The van der Waals surface area contributed by atoms with Gasteiger partial charge in [0.25, 0.3) is 0 Å². The third-order valence-corrected chi connectivity index (χ3v) is 4.02. The summed E-state index contributed by atoms with van der Waals surface area (Å²) in [7, 11) is 0. The smallest absolute Gasteiger partial charge is 0.247 e. The van der Waals surface area contributed by atoms with Crippen molar-refractivity contribution in [3.05, 3.63) is 0 Å². The van der Waals surface area contributed by atoms with Crippen LogP contribution in [0.25, 0.3) is 0 Å². The number of nitrogens with one attached hydrogen (secondary N) is 1. The van der Waals surface area contributed by atoms with E-state index in [1.807, 2.05) is 4.90 Å². The third kappa shape index (κ3) is 2.45. The van der Waals surface area contributed by atoms with Crippen molar-refractivity contribution in [2.75, 3.05) is 13.1 Å². The minimum atomic E-state index is -0.756. The van der Waals surface area contributed by atoms with Gasteiger partial charge < -0.3 is 10.2 Å². The number of nitrogens with zero attached hydrogens (tertiary/aromatic N) is 1. The molecule has 1 N–H and O–H groups in total. The lowest BCUT2D eigenvalue weighted by Gasteiger charge is -2.43. The van der Waals surface area contributed by atoms with Crippen molar-refractivity contribution in [3.8, 4) is 0 Å². The monoisotopic (exact) mass is 238 g/mol. The minimum Gasteiger partial charge on any atom is -0.342 e. The van der Waals surface area contributed by atoms with Crippen LogP contribution >= 0.6 is 0 Å². The van der Waals surface area contributed by atoms with Crippen molar-refractivity contribution in [3.63, 3.8) is 0 Å². The average molecular weight is 238 g/mol. The van der Waals surface area contributed by atoms with Gasteiger partial charge >= 0.3 is 0 Å². The zero-order chi connectivity index (χ0) is 12.7. The van der Waals surface area contributed by atoms with E-state index in [-0.39, 0.29) is 17.2 Å². The molecule has 0 atom stereocenters. The molecule has 2 fully saturated rings. The summed E-state index contributed by atoms with van der Waals surface area (Å²) in [6.07, 6.45) is 4.07. The fourth-order valence-electron chi connectivity index (χ4n) is 2.75. The molecule has 4 heteroatoms. The van der Waals surface area contributed by atoms with Gasteiger partial charge in [-0.05, 0) is 32.1 Å². The van der Waals surface area contributed by atoms with Crippen molar-refractivity contribution in [1.82, 2.24) is 10.2 Å². The Hall–Kier alpha value is -1.06. The maximum atomic E-state index is 12.3. The van der Waals surface area contributed by atoms with Crippen molar-refractivity contribution < 1.29 is 9.59 Å². The Morgan fingerprint density at radius 1 is 1.24 bits per heavy atom. The highest BCUT2D eigenvalue weighted by molar-refractivity contribution is 5.92. The molecule has 2 rings (SSSR count). The normalized spacial score (nSPS) is 27.1. The van der Waals surface area contributed by atoms with E-state index in [0.29, 0.717) is 13.0 Å². The Balaban J connectivity index is 2.10. The van der Waals surface area contributed by atoms with Gasteiger partial charge in [0, 0.05) is 19.5 Å². The molecule has 0 radical (unpaired) electrons. The van der Waals surface area contributed by atoms with E-state index < -0.39 is 5.54 Å². The van der Waals surface area contributed by atoms with Crippen molar-refractivity contribution in [1.29, 1.82) is 0 Å². The SMILES string of the molecule is CC1(CN2CCC(=O)NC(C)(C)C2=O)CCC1. The van der Waals surface area contributed by atoms with Gasteiger partial charge in [-0.25, -0.2) is 0 Å². The van der Waals surface area contributed by atoms with Crippen LogP contribution in [0.15, 0.2) is 0 Å². The van der Waals surface area contributed by atoms with Crippen LogP contribution in [0.2, 0.25) is 0 Å². The first-order valence-corrected chi connectivity index (χ1v) is 6.43. The number of amides is 2. The summed E-state index contributed by atoms with van der Waals surface area (Å²) in [5.41, 5.74) is -0.479. The zero-order valence-corrected chi connectivity index (χ0v) is 11.0. The molecule has 0 aromatic heterocycles. The van der Waals surface area contributed by atoms with Gasteiger partial charge in [-0.15, -0.1) is 0 Å². The van der Waals surface area contributed by atoms with E-state index in [1.165, 1.54) is 19.3 Å². The van der Waals surface area contributed by atoms with Gasteiger partial charge in [0.15, 0.2) is 0 Å². The van der Waals surface area contributed by atoms with Crippen LogP contribution in [0.3, 0.4) is 0 Å². The molecule has 4 nitrogen and oxygen atoms in total. The number of hydrogen-bond acceptors (Lipinski definition) is 2. The molecule has 1 aliphatic heterocycles. The van der Waals surface area contributed by atoms with Crippen LogP contribution in [0, 0.1) is 5.41 Å². The van der Waals surface area contributed by atoms with E-state index >= 15 is 0 Å². The van der Waals surface area contributed by atoms with Crippen LogP contribution < -0.4 is 5.32 Å². The maximum absolute atomic E-state index is 12.3. The van der Waals surface area contributed by atoms with Crippen LogP contribution in [0.5, 0.6) is 0 Å². The molecule has 0 aromatic carbocycles. The molecular formula is C13H22N2O2. The Labute approximate surface area is 103 Å². The largest absolute Gasteiger partial charge is 0.342 e. The van der Waals surface area contributed by atoms with Crippen LogP contribution in [0.4, 0.5) is 0 Å². The van der Waals surface area contributed by atoms with Gasteiger partial charge in [0.1, 0.15) is 5.54 Å². The summed E-state index contributed by atoms with van der Waals surface area (Å²) in [5, 5.41) is 2.79. The molecule has 1 saturated heterocycles. The van der Waals surface area contributed by atoms with Gasteiger partial charge in [0.05, 0.1) is 0 Å². The van der Waals surface area contributed by atoms with Gasteiger partial charge in [-0.3, -0.25) is 9.59 Å². The Kier molecular flexibility index (Phi) is 2.92. The van der Waals surface area contributed by atoms with Crippen LogP contribution in [0.1, 0.15) is 46.5 Å². The van der Waals surface area contributed by atoms with Crippen LogP contribution in [-0.2, 0) is 9.59 Å². The molecule has 0 aromatic rings. The summed E-state index contributed by atoms with van der Waals surface area (Å²) < 4.78 is 0. The summed E-state index contributed by atoms with van der Waals surface area (Å²) in [6, 6.07) is 0. The first kappa shape index (κ1) is 12.4. The highest BCUT2D eigenvalue weighted by Gasteiger charge is 2.41. The van der Waals surface area contributed by atoms with Crippen LogP contribution in [-0.4, -0.2) is 35.3 Å². The number of rotatable bonds is 2. The number of carbonyl (C=O) groups excluding carboxylic acids is 2. The van der Waals surface area contributed by atoms with E-state index in [2.05, 4.69) is 12.2 Å². The highest BCUT2D eigenvalue weighted by atomic mass is 16.2. The second-order valence-electron chi connectivity index (χ2n) is 6.31. The quantitative estimate of drug-likeness (QED) is 0.788. The lowest BCUT2D eigenvalue weighted by atomic mass is 9.70.